The summed E-state index contributed by atoms with van der Waals surface area (Å²) < 4.78 is 1.96. The predicted octanol–water partition coefficient (Wildman–Crippen LogP) is 3.42. The van der Waals surface area contributed by atoms with E-state index in [4.69, 9.17) is 0 Å². The summed E-state index contributed by atoms with van der Waals surface area (Å²) >= 11 is 0. The highest BCUT2D eigenvalue weighted by molar-refractivity contribution is 7.39. The predicted molar refractivity (Wildman–Crippen MR) is 67.0 cm³/mol. The van der Waals surface area contributed by atoms with E-state index in [0.29, 0.717) is 0 Å². The lowest BCUT2D eigenvalue weighted by atomic mass is 10.1. The summed E-state index contributed by atoms with van der Waals surface area (Å²) in [5, 5.41) is 0. The van der Waals surface area contributed by atoms with Crippen molar-refractivity contribution in [1.29, 1.82) is 0 Å². The lowest BCUT2D eigenvalue weighted by molar-refractivity contribution is 0.795. The van der Waals surface area contributed by atoms with Crippen LogP contribution in [0, 0.1) is 0 Å². The Morgan fingerprint density at radius 3 is 2.23 bits per heavy atom. The molecule has 3 heteroatoms. The minimum absolute atomic E-state index is 1.20. The van der Waals surface area contributed by atoms with Gasteiger partial charge in [-0.1, -0.05) is 25.5 Å². The van der Waals surface area contributed by atoms with Crippen LogP contribution in [0.15, 0.2) is 24.3 Å². The van der Waals surface area contributed by atoms with Crippen LogP contribution in [-0.2, 0) is 6.42 Å². The van der Waals surface area contributed by atoms with Crippen LogP contribution >= 0.6 is 18.8 Å². The van der Waals surface area contributed by atoms with Gasteiger partial charge in [0.25, 0.3) is 0 Å². The van der Waals surface area contributed by atoms with E-state index < -0.39 is 0 Å². The van der Waals surface area contributed by atoms with E-state index in [-0.39, 0.29) is 0 Å². The molecule has 1 rings (SSSR count). The van der Waals surface area contributed by atoms with Crippen molar-refractivity contribution < 1.29 is 0 Å². The van der Waals surface area contributed by atoms with E-state index in [9.17, 15) is 0 Å². The first-order valence-corrected chi connectivity index (χ1v) is 5.65. The SMILES string of the molecule is CCCCc1ccc(N(P)P)cc1. The molecule has 0 heterocycles. The number of benzene rings is 1. The first kappa shape index (κ1) is 11.0. The lowest BCUT2D eigenvalue weighted by Gasteiger charge is -2.11. The van der Waals surface area contributed by atoms with Crippen LogP contribution in [0.3, 0.4) is 0 Å². The quantitative estimate of drug-likeness (QED) is 0.693. The zero-order valence-electron chi connectivity index (χ0n) is 8.03. The molecule has 0 fully saturated rings. The molecule has 0 aromatic heterocycles. The van der Waals surface area contributed by atoms with Crippen LogP contribution in [0.2, 0.25) is 0 Å². The van der Waals surface area contributed by atoms with Crippen molar-refractivity contribution in [2.24, 2.45) is 0 Å². The van der Waals surface area contributed by atoms with Gasteiger partial charge in [-0.2, -0.15) is 0 Å². The largest absolute Gasteiger partial charge is 0.341 e. The molecule has 0 bridgehead atoms. The van der Waals surface area contributed by atoms with Crippen molar-refractivity contribution >= 4 is 24.5 Å². The van der Waals surface area contributed by atoms with E-state index in [1.807, 2.05) is 4.44 Å². The summed E-state index contributed by atoms with van der Waals surface area (Å²) in [5.41, 5.74) is 2.64. The highest BCUT2D eigenvalue weighted by Crippen LogP contribution is 2.22. The Bertz CT molecular complexity index is 244. The first-order chi connectivity index (χ1) is 6.24. The fraction of sp³-hybridized carbons (Fsp3) is 0.400. The molecule has 72 valence electrons. The second kappa shape index (κ2) is 5.58. The standard InChI is InChI=1S/C10H17NP2/c1-2-3-4-9-5-7-10(8-6-9)11(12)13/h5-8H,2-4,12-13H2,1H3. The highest BCUT2D eigenvalue weighted by atomic mass is 31.1. The van der Waals surface area contributed by atoms with Gasteiger partial charge < -0.3 is 4.44 Å². The Morgan fingerprint density at radius 2 is 1.77 bits per heavy atom. The van der Waals surface area contributed by atoms with E-state index >= 15 is 0 Å². The number of hydrogen-bond acceptors (Lipinski definition) is 1. The van der Waals surface area contributed by atoms with Crippen molar-refractivity contribution in [2.45, 2.75) is 26.2 Å². The fourth-order valence-electron chi connectivity index (χ4n) is 1.22. The van der Waals surface area contributed by atoms with Crippen molar-refractivity contribution in [1.82, 2.24) is 0 Å². The molecule has 0 saturated heterocycles. The van der Waals surface area contributed by atoms with E-state index in [1.165, 1.54) is 30.5 Å². The van der Waals surface area contributed by atoms with Gasteiger partial charge in [-0.05, 0) is 49.3 Å². The number of aryl methyl sites for hydroxylation is 1. The van der Waals surface area contributed by atoms with Gasteiger partial charge in [0.15, 0.2) is 0 Å². The van der Waals surface area contributed by atoms with Crippen molar-refractivity contribution in [3.8, 4) is 0 Å². The second-order valence-corrected chi connectivity index (χ2v) is 4.89. The van der Waals surface area contributed by atoms with Gasteiger partial charge in [0.2, 0.25) is 0 Å². The zero-order chi connectivity index (χ0) is 9.68. The molecule has 0 aliphatic heterocycles. The van der Waals surface area contributed by atoms with Gasteiger partial charge in [-0.3, -0.25) is 0 Å². The lowest BCUT2D eigenvalue weighted by Crippen LogP contribution is -1.90. The summed E-state index contributed by atoms with van der Waals surface area (Å²) in [6.45, 7) is 2.22. The molecule has 2 unspecified atom stereocenters. The average molecular weight is 213 g/mol. The number of hydrogen-bond donors (Lipinski definition) is 0. The Balaban J connectivity index is 2.59. The molecule has 1 aromatic carbocycles. The van der Waals surface area contributed by atoms with Gasteiger partial charge in [0.05, 0.1) is 0 Å². The van der Waals surface area contributed by atoms with Crippen LogP contribution in [0.25, 0.3) is 0 Å². The smallest absolute Gasteiger partial charge is 0.0423 e. The van der Waals surface area contributed by atoms with Crippen LogP contribution in [0.4, 0.5) is 5.69 Å². The normalized spacial score (nSPS) is 10.1. The topological polar surface area (TPSA) is 3.24 Å². The van der Waals surface area contributed by atoms with Gasteiger partial charge in [-0.15, -0.1) is 0 Å². The second-order valence-electron chi connectivity index (χ2n) is 3.18. The van der Waals surface area contributed by atoms with Gasteiger partial charge in [-0.25, -0.2) is 0 Å². The summed E-state index contributed by atoms with van der Waals surface area (Å²) in [5.74, 6) is 0. The molecule has 0 saturated carbocycles. The Labute approximate surface area is 85.4 Å². The molecule has 1 aromatic rings. The van der Waals surface area contributed by atoms with E-state index in [2.05, 4.69) is 50.0 Å². The summed E-state index contributed by atoms with van der Waals surface area (Å²) in [6.07, 6.45) is 3.75. The molecule has 0 aliphatic rings. The number of rotatable bonds is 4. The molecule has 0 spiro atoms. The number of nitrogens with zero attached hydrogens (tertiary/aromatic N) is 1. The molecule has 0 aliphatic carbocycles. The third-order valence-corrected chi connectivity index (χ3v) is 2.65. The monoisotopic (exact) mass is 213 g/mol. The molecule has 13 heavy (non-hydrogen) atoms. The van der Waals surface area contributed by atoms with Crippen molar-refractivity contribution in [3.63, 3.8) is 0 Å². The minimum atomic E-state index is 1.20. The Kier molecular flexibility index (Phi) is 4.70. The molecule has 0 N–H and O–H groups in total. The molecular weight excluding hydrogens is 196 g/mol. The first-order valence-electron chi connectivity index (χ1n) is 4.62. The number of anilines is 1. The Morgan fingerprint density at radius 1 is 1.15 bits per heavy atom. The molecule has 0 radical (unpaired) electrons. The average Bonchev–Trinajstić information content (AvgIpc) is 2.15. The fourth-order valence-corrected chi connectivity index (χ4v) is 1.56. The van der Waals surface area contributed by atoms with Crippen LogP contribution in [-0.4, -0.2) is 0 Å². The third kappa shape index (κ3) is 3.63. The third-order valence-electron chi connectivity index (χ3n) is 2.05. The maximum absolute atomic E-state index is 2.62. The van der Waals surface area contributed by atoms with Crippen molar-refractivity contribution in [3.05, 3.63) is 29.8 Å². The molecule has 2 atom stereocenters. The maximum Gasteiger partial charge on any atom is 0.0423 e. The summed E-state index contributed by atoms with van der Waals surface area (Å²) in [7, 11) is 5.24. The molecular formula is C10H17NP2. The van der Waals surface area contributed by atoms with Gasteiger partial charge in [0.1, 0.15) is 0 Å². The molecule has 1 nitrogen and oxygen atoms in total. The van der Waals surface area contributed by atoms with E-state index in [1.54, 1.807) is 0 Å². The van der Waals surface area contributed by atoms with Crippen LogP contribution < -0.4 is 4.44 Å². The number of unbranched alkanes of at least 4 members (excludes halogenated alkanes) is 1. The summed E-state index contributed by atoms with van der Waals surface area (Å²) in [4.78, 5) is 0. The molecule has 0 amide bonds. The van der Waals surface area contributed by atoms with Crippen molar-refractivity contribution in [2.75, 3.05) is 4.44 Å². The minimum Gasteiger partial charge on any atom is -0.341 e. The van der Waals surface area contributed by atoms with Crippen LogP contribution in [0.1, 0.15) is 25.3 Å². The summed E-state index contributed by atoms with van der Waals surface area (Å²) in [6, 6.07) is 8.69. The van der Waals surface area contributed by atoms with Gasteiger partial charge in [0, 0.05) is 5.69 Å². The Hall–Kier alpha value is -0.120. The van der Waals surface area contributed by atoms with Gasteiger partial charge >= 0.3 is 0 Å². The van der Waals surface area contributed by atoms with E-state index in [0.717, 1.165) is 0 Å². The highest BCUT2D eigenvalue weighted by Gasteiger charge is 1.95. The zero-order valence-corrected chi connectivity index (χ0v) is 10.3. The van der Waals surface area contributed by atoms with Crippen LogP contribution in [0.5, 0.6) is 0 Å². The maximum atomic E-state index is 2.62.